The number of benzene rings is 1. The van der Waals surface area contributed by atoms with Gasteiger partial charge >= 0.3 is 0 Å². The molecule has 2 aromatic rings. The van der Waals surface area contributed by atoms with Crippen molar-refractivity contribution in [1.29, 1.82) is 5.26 Å². The standard InChI is InChI=1S/C22H25N3O3S/c1-14(25(2)12-15-8-9-18-19(10-15)28-13-27-18)21(26)24-22-17(11-23)16-6-4-3-5-7-20(16)29-22/h8-10,14H,3-7,12-13H2,1-2H3,(H,24,26)/p+1/t14-/m0/s1. The highest BCUT2D eigenvalue weighted by Gasteiger charge is 2.26. The van der Waals surface area contributed by atoms with E-state index in [1.807, 2.05) is 32.2 Å². The van der Waals surface area contributed by atoms with Crippen molar-refractivity contribution in [2.75, 3.05) is 19.2 Å². The Kier molecular flexibility index (Phi) is 5.74. The number of aryl methyl sites for hydroxylation is 1. The maximum absolute atomic E-state index is 12.9. The predicted octanol–water partition coefficient (Wildman–Crippen LogP) is 2.66. The smallest absolute Gasteiger partial charge is 0.283 e. The molecule has 7 heteroatoms. The third-order valence-corrected chi connectivity index (χ3v) is 7.03. The van der Waals surface area contributed by atoms with Gasteiger partial charge in [-0.2, -0.15) is 5.26 Å². The van der Waals surface area contributed by atoms with E-state index in [1.54, 1.807) is 11.3 Å². The Hall–Kier alpha value is -2.56. The lowest BCUT2D eigenvalue weighted by molar-refractivity contribution is -0.907. The highest BCUT2D eigenvalue weighted by atomic mass is 32.1. The van der Waals surface area contributed by atoms with Crippen LogP contribution in [-0.2, 0) is 24.2 Å². The van der Waals surface area contributed by atoms with Crippen molar-refractivity contribution in [2.45, 2.75) is 51.6 Å². The number of nitriles is 1. The Labute approximate surface area is 175 Å². The second-order valence-corrected chi connectivity index (χ2v) is 8.91. The number of hydrogen-bond acceptors (Lipinski definition) is 5. The van der Waals surface area contributed by atoms with Gasteiger partial charge < -0.3 is 19.7 Å². The fourth-order valence-electron chi connectivity index (χ4n) is 3.92. The van der Waals surface area contributed by atoms with Crippen molar-refractivity contribution in [3.05, 3.63) is 39.8 Å². The van der Waals surface area contributed by atoms with Gasteiger partial charge in [-0.05, 0) is 56.4 Å². The fraction of sp³-hybridized carbons (Fsp3) is 0.455. The van der Waals surface area contributed by atoms with Gasteiger partial charge in [0.25, 0.3) is 5.91 Å². The number of likely N-dealkylation sites (N-methyl/N-ethyl adjacent to an activating group) is 1. The lowest BCUT2D eigenvalue weighted by Crippen LogP contribution is -3.12. The summed E-state index contributed by atoms with van der Waals surface area (Å²) in [5, 5.41) is 13.4. The van der Waals surface area contributed by atoms with Gasteiger partial charge in [-0.3, -0.25) is 4.79 Å². The number of quaternary nitrogens is 1. The number of ether oxygens (including phenoxy) is 2. The van der Waals surface area contributed by atoms with Crippen LogP contribution >= 0.6 is 11.3 Å². The second-order valence-electron chi connectivity index (χ2n) is 7.80. The number of amides is 1. The zero-order chi connectivity index (χ0) is 20.4. The van der Waals surface area contributed by atoms with Gasteiger partial charge in [0.15, 0.2) is 17.5 Å². The molecule has 2 atom stereocenters. The molecule has 0 radical (unpaired) electrons. The normalized spacial score (nSPS) is 17.0. The number of carbonyl (C=O) groups excluding carboxylic acids is 1. The molecule has 2 aliphatic rings. The zero-order valence-electron chi connectivity index (χ0n) is 16.8. The van der Waals surface area contributed by atoms with E-state index >= 15 is 0 Å². The molecule has 1 aromatic heterocycles. The van der Waals surface area contributed by atoms with Gasteiger partial charge in [-0.1, -0.05) is 6.42 Å². The SMILES string of the molecule is C[C@@H](C(=O)Nc1sc2c(c1C#N)CCCCC2)[NH+](C)Cc1ccc2c(c1)OCO2. The molecule has 0 saturated heterocycles. The van der Waals surface area contributed by atoms with E-state index in [4.69, 9.17) is 9.47 Å². The highest BCUT2D eigenvalue weighted by molar-refractivity contribution is 7.16. The molecule has 1 aromatic carbocycles. The first-order valence-electron chi connectivity index (χ1n) is 10.1. The highest BCUT2D eigenvalue weighted by Crippen LogP contribution is 2.37. The molecule has 29 heavy (non-hydrogen) atoms. The number of carbonyl (C=O) groups is 1. The van der Waals surface area contributed by atoms with E-state index in [2.05, 4.69) is 11.4 Å². The lowest BCUT2D eigenvalue weighted by Gasteiger charge is -2.21. The molecule has 0 bridgehead atoms. The van der Waals surface area contributed by atoms with E-state index in [0.29, 0.717) is 17.1 Å². The first kappa shape index (κ1) is 19.7. The Bertz CT molecular complexity index is 963. The van der Waals surface area contributed by atoms with Gasteiger partial charge in [0.2, 0.25) is 6.79 Å². The number of anilines is 1. The van der Waals surface area contributed by atoms with Gasteiger partial charge in [0, 0.05) is 10.4 Å². The summed E-state index contributed by atoms with van der Waals surface area (Å²) in [5.74, 6) is 1.46. The molecule has 1 amide bonds. The minimum atomic E-state index is -0.256. The first-order chi connectivity index (χ1) is 14.1. The summed E-state index contributed by atoms with van der Waals surface area (Å²) < 4.78 is 10.8. The summed E-state index contributed by atoms with van der Waals surface area (Å²) >= 11 is 1.58. The third-order valence-electron chi connectivity index (χ3n) is 5.82. The largest absolute Gasteiger partial charge is 0.454 e. The Morgan fingerprint density at radius 2 is 2.07 bits per heavy atom. The lowest BCUT2D eigenvalue weighted by atomic mass is 10.1. The Balaban J connectivity index is 1.43. The quantitative estimate of drug-likeness (QED) is 0.741. The molecule has 0 spiro atoms. The van der Waals surface area contributed by atoms with E-state index in [-0.39, 0.29) is 18.7 Å². The summed E-state index contributed by atoms with van der Waals surface area (Å²) in [5.41, 5.74) is 2.91. The van der Waals surface area contributed by atoms with Crippen LogP contribution in [0.15, 0.2) is 18.2 Å². The van der Waals surface area contributed by atoms with Crippen LogP contribution in [0.5, 0.6) is 11.5 Å². The summed E-state index contributed by atoms with van der Waals surface area (Å²) in [6.45, 7) is 2.87. The number of thiophene rings is 1. The molecule has 4 rings (SSSR count). The van der Waals surface area contributed by atoms with Crippen molar-refractivity contribution in [3.63, 3.8) is 0 Å². The zero-order valence-corrected chi connectivity index (χ0v) is 17.7. The van der Waals surface area contributed by atoms with E-state index < -0.39 is 0 Å². The molecule has 2 N–H and O–H groups in total. The van der Waals surface area contributed by atoms with Crippen LogP contribution in [0, 0.1) is 11.3 Å². The molecule has 1 unspecified atom stereocenters. The minimum absolute atomic E-state index is 0.0591. The average Bonchev–Trinajstić information content (AvgIpc) is 3.23. The number of nitrogens with zero attached hydrogens (tertiary/aromatic N) is 1. The number of rotatable bonds is 5. The minimum Gasteiger partial charge on any atom is -0.454 e. The maximum atomic E-state index is 12.9. The maximum Gasteiger partial charge on any atom is 0.283 e. The van der Waals surface area contributed by atoms with Crippen LogP contribution < -0.4 is 19.7 Å². The Morgan fingerprint density at radius 3 is 2.90 bits per heavy atom. The van der Waals surface area contributed by atoms with Crippen LogP contribution in [0.1, 0.15) is 47.8 Å². The summed E-state index contributed by atoms with van der Waals surface area (Å²) in [4.78, 5) is 15.2. The fourth-order valence-corrected chi connectivity index (χ4v) is 5.16. The Morgan fingerprint density at radius 1 is 1.28 bits per heavy atom. The predicted molar refractivity (Wildman–Crippen MR) is 112 cm³/mol. The first-order valence-corrected chi connectivity index (χ1v) is 10.9. The topological polar surface area (TPSA) is 75.8 Å². The van der Waals surface area contributed by atoms with Crippen molar-refractivity contribution in [2.24, 2.45) is 0 Å². The van der Waals surface area contributed by atoms with Gasteiger partial charge in [0.05, 0.1) is 12.6 Å². The molecule has 1 aliphatic carbocycles. The van der Waals surface area contributed by atoms with Crippen molar-refractivity contribution in [3.8, 4) is 17.6 Å². The molecular formula is C22H26N3O3S+. The van der Waals surface area contributed by atoms with Gasteiger partial charge in [-0.25, -0.2) is 0 Å². The van der Waals surface area contributed by atoms with Crippen LogP contribution in [0.3, 0.4) is 0 Å². The number of nitrogens with one attached hydrogen (secondary N) is 2. The van der Waals surface area contributed by atoms with Crippen LogP contribution in [0.4, 0.5) is 5.00 Å². The van der Waals surface area contributed by atoms with Gasteiger partial charge in [0.1, 0.15) is 17.6 Å². The van der Waals surface area contributed by atoms with Crippen molar-refractivity contribution in [1.82, 2.24) is 0 Å². The average molecular weight is 413 g/mol. The van der Waals surface area contributed by atoms with Crippen molar-refractivity contribution >= 4 is 22.2 Å². The summed E-state index contributed by atoms with van der Waals surface area (Å²) in [7, 11) is 2.00. The van der Waals surface area contributed by atoms with Crippen LogP contribution in [0.2, 0.25) is 0 Å². The number of hydrogen-bond donors (Lipinski definition) is 2. The van der Waals surface area contributed by atoms with E-state index in [0.717, 1.165) is 53.2 Å². The monoisotopic (exact) mass is 412 g/mol. The van der Waals surface area contributed by atoms with E-state index in [9.17, 15) is 10.1 Å². The van der Waals surface area contributed by atoms with E-state index in [1.165, 1.54) is 11.3 Å². The molecule has 0 saturated carbocycles. The molecule has 2 heterocycles. The second kappa shape index (κ2) is 8.44. The van der Waals surface area contributed by atoms with Gasteiger partial charge in [-0.15, -0.1) is 11.3 Å². The summed E-state index contributed by atoms with van der Waals surface area (Å²) in [6.07, 6.45) is 5.43. The molecule has 1 aliphatic heterocycles. The molecule has 152 valence electrons. The van der Waals surface area contributed by atoms with Crippen molar-refractivity contribution < 1.29 is 19.2 Å². The number of fused-ring (bicyclic) bond motifs is 2. The molecule has 0 fully saturated rings. The molecular weight excluding hydrogens is 386 g/mol. The molecule has 6 nitrogen and oxygen atoms in total. The summed E-state index contributed by atoms with van der Waals surface area (Å²) in [6, 6.07) is 7.96. The van der Waals surface area contributed by atoms with Crippen LogP contribution in [0.25, 0.3) is 0 Å². The van der Waals surface area contributed by atoms with Crippen LogP contribution in [-0.4, -0.2) is 25.8 Å². The third kappa shape index (κ3) is 4.09.